The van der Waals surface area contributed by atoms with Crippen LogP contribution in [0.25, 0.3) is 0 Å². The number of nitrogens with one attached hydrogen (secondary N) is 2. The van der Waals surface area contributed by atoms with Crippen LogP contribution in [0.4, 0.5) is 10.1 Å². The molecule has 0 heterocycles. The average Bonchev–Trinajstić information content (AvgIpc) is 2.40. The fourth-order valence-corrected chi connectivity index (χ4v) is 1.43. The summed E-state index contributed by atoms with van der Waals surface area (Å²) < 4.78 is 13.6. The van der Waals surface area contributed by atoms with Crippen molar-refractivity contribution in [3.63, 3.8) is 0 Å². The third-order valence-corrected chi connectivity index (χ3v) is 2.16. The van der Waals surface area contributed by atoms with E-state index in [4.69, 9.17) is 20.7 Å². The molecular weight excluding hydrogens is 291 g/mol. The molecule has 0 aliphatic carbocycles. The Hall–Kier alpha value is -1.83. The van der Waals surface area contributed by atoms with Crippen LogP contribution in [0, 0.1) is 18.2 Å². The first-order valence-electron chi connectivity index (χ1n) is 6.97. The summed E-state index contributed by atoms with van der Waals surface area (Å²) in [5.74, 6) is -5.82. The second kappa shape index (κ2) is 9.99. The van der Waals surface area contributed by atoms with Crippen LogP contribution in [0.2, 0.25) is 0 Å². The van der Waals surface area contributed by atoms with Gasteiger partial charge >= 0.3 is 11.9 Å². The van der Waals surface area contributed by atoms with Gasteiger partial charge in [0, 0.05) is 5.71 Å². The lowest BCUT2D eigenvalue weighted by molar-refractivity contribution is -0.284. The van der Waals surface area contributed by atoms with E-state index in [-0.39, 0.29) is 17.0 Å². The minimum atomic E-state index is -3.56. The topological polar surface area (TPSA) is 114 Å². The maximum Gasteiger partial charge on any atom is 0.360 e. The number of aliphatic hydroxyl groups is 3. The molecule has 0 aromatic heterocycles. The molecule has 7 heteroatoms. The number of halogens is 1. The summed E-state index contributed by atoms with van der Waals surface area (Å²) in [5.41, 5.74) is 0.0131. The van der Waals surface area contributed by atoms with Crippen LogP contribution in [0.5, 0.6) is 0 Å². The maximum absolute atomic E-state index is 13.6. The second-order valence-corrected chi connectivity index (χ2v) is 3.88. The minimum Gasteiger partial charge on any atom is -0.336 e. The Balaban J connectivity index is 0. The van der Waals surface area contributed by atoms with Crippen LogP contribution in [-0.4, -0.2) is 32.9 Å². The lowest BCUT2D eigenvalue weighted by Crippen LogP contribution is -2.42. The molecule has 1 rings (SSSR count). The summed E-state index contributed by atoms with van der Waals surface area (Å²) in [6.07, 6.45) is 0. The summed E-state index contributed by atoms with van der Waals surface area (Å²) in [6.45, 7) is 10.9. The molecule has 1 amide bonds. The number of anilines is 1. The molecule has 0 aliphatic heterocycles. The van der Waals surface area contributed by atoms with Gasteiger partial charge in [-0.25, -0.2) is 4.39 Å². The number of carbonyl (C=O) groups is 1. The van der Waals surface area contributed by atoms with Crippen molar-refractivity contribution in [1.29, 1.82) is 5.41 Å². The zero-order chi connectivity index (χ0) is 18.1. The highest BCUT2D eigenvalue weighted by atomic mass is 19.1. The summed E-state index contributed by atoms with van der Waals surface area (Å²) in [5, 5.41) is 35.4. The maximum atomic E-state index is 13.6. The SMILES string of the molecule is CC.CC.CC(=N)c1c(F)cc(C)cc1NC(=O)C(O)(O)O. The minimum absolute atomic E-state index is 0.119. The van der Waals surface area contributed by atoms with E-state index in [9.17, 15) is 9.18 Å². The quantitative estimate of drug-likeness (QED) is 0.434. The molecule has 22 heavy (non-hydrogen) atoms. The van der Waals surface area contributed by atoms with Crippen molar-refractivity contribution in [1.82, 2.24) is 0 Å². The summed E-state index contributed by atoms with van der Waals surface area (Å²) in [6, 6.07) is 2.52. The van der Waals surface area contributed by atoms with E-state index >= 15 is 0 Å². The number of hydrogen-bond donors (Lipinski definition) is 5. The number of benzene rings is 1. The largest absolute Gasteiger partial charge is 0.360 e. The molecule has 0 aliphatic rings. The van der Waals surface area contributed by atoms with Gasteiger partial charge in [-0.05, 0) is 31.5 Å². The molecule has 1 aromatic carbocycles. The summed E-state index contributed by atoms with van der Waals surface area (Å²) >= 11 is 0. The molecular formula is C15H25FN2O4. The van der Waals surface area contributed by atoms with E-state index < -0.39 is 17.7 Å². The van der Waals surface area contributed by atoms with Crippen LogP contribution in [-0.2, 0) is 4.79 Å². The molecule has 5 N–H and O–H groups in total. The van der Waals surface area contributed by atoms with Gasteiger partial charge in [-0.1, -0.05) is 27.7 Å². The van der Waals surface area contributed by atoms with E-state index in [0.717, 1.165) is 0 Å². The molecule has 126 valence electrons. The van der Waals surface area contributed by atoms with Crippen molar-refractivity contribution < 1.29 is 24.5 Å². The number of amides is 1. The predicted octanol–water partition coefficient (Wildman–Crippen LogP) is 2.14. The first kappa shape index (κ1) is 22.5. The van der Waals surface area contributed by atoms with Crippen LogP contribution < -0.4 is 5.32 Å². The average molecular weight is 316 g/mol. The molecule has 0 bridgehead atoms. The highest BCUT2D eigenvalue weighted by molar-refractivity contribution is 6.06. The Morgan fingerprint density at radius 3 is 2.00 bits per heavy atom. The first-order chi connectivity index (χ1) is 10.1. The van der Waals surface area contributed by atoms with E-state index in [2.05, 4.69) is 0 Å². The Labute approximate surface area is 130 Å². The molecule has 1 aromatic rings. The van der Waals surface area contributed by atoms with E-state index in [0.29, 0.717) is 5.56 Å². The van der Waals surface area contributed by atoms with Gasteiger partial charge in [0.05, 0.1) is 11.3 Å². The molecule has 0 unspecified atom stereocenters. The third-order valence-electron chi connectivity index (χ3n) is 2.16. The fraction of sp³-hybridized carbons (Fsp3) is 0.467. The fourth-order valence-electron chi connectivity index (χ4n) is 1.43. The third kappa shape index (κ3) is 6.75. The van der Waals surface area contributed by atoms with Crippen molar-refractivity contribution in [3.05, 3.63) is 29.1 Å². The van der Waals surface area contributed by atoms with Gasteiger partial charge in [-0.15, -0.1) is 0 Å². The normalized spacial score (nSPS) is 9.73. The van der Waals surface area contributed by atoms with Gasteiger partial charge in [0.25, 0.3) is 0 Å². The summed E-state index contributed by atoms with van der Waals surface area (Å²) in [7, 11) is 0. The predicted molar refractivity (Wildman–Crippen MR) is 84.4 cm³/mol. The molecule has 0 saturated carbocycles. The van der Waals surface area contributed by atoms with E-state index in [1.807, 2.05) is 33.0 Å². The van der Waals surface area contributed by atoms with Crippen molar-refractivity contribution in [2.24, 2.45) is 0 Å². The Kier molecular flexibility index (Phi) is 10.2. The van der Waals surface area contributed by atoms with Crippen molar-refractivity contribution >= 4 is 17.3 Å². The van der Waals surface area contributed by atoms with Crippen LogP contribution >= 0.6 is 0 Å². The van der Waals surface area contributed by atoms with E-state index in [1.54, 1.807) is 6.92 Å². The number of carbonyl (C=O) groups excluding carboxylic acids is 1. The van der Waals surface area contributed by atoms with Crippen molar-refractivity contribution in [3.8, 4) is 0 Å². The lowest BCUT2D eigenvalue weighted by Gasteiger charge is -2.16. The molecule has 0 atom stereocenters. The molecule has 6 nitrogen and oxygen atoms in total. The lowest BCUT2D eigenvalue weighted by atomic mass is 10.0. The van der Waals surface area contributed by atoms with Crippen LogP contribution in [0.3, 0.4) is 0 Å². The number of aryl methyl sites for hydroxylation is 1. The molecule has 0 fully saturated rings. The van der Waals surface area contributed by atoms with Gasteiger partial charge in [0.15, 0.2) is 0 Å². The highest BCUT2D eigenvalue weighted by Gasteiger charge is 2.31. The molecule has 0 radical (unpaired) electrons. The van der Waals surface area contributed by atoms with Crippen LogP contribution in [0.15, 0.2) is 12.1 Å². The van der Waals surface area contributed by atoms with Crippen LogP contribution in [0.1, 0.15) is 45.7 Å². The van der Waals surface area contributed by atoms with Gasteiger partial charge in [-0.3, -0.25) is 4.79 Å². The van der Waals surface area contributed by atoms with Gasteiger partial charge < -0.3 is 26.0 Å². The van der Waals surface area contributed by atoms with E-state index in [1.165, 1.54) is 19.1 Å². The number of hydrogen-bond acceptors (Lipinski definition) is 5. The summed E-state index contributed by atoms with van der Waals surface area (Å²) in [4.78, 5) is 11.2. The zero-order valence-corrected chi connectivity index (χ0v) is 13.8. The standard InChI is InChI=1S/C11H13FN2O4.2C2H6/c1-5-3-7(12)9(6(2)13)8(4-5)14-10(15)11(16,17)18;2*1-2/h3-4,13,16-18H,1-2H3,(H,14,15);2*1-2H3. The molecule has 0 spiro atoms. The second-order valence-electron chi connectivity index (χ2n) is 3.88. The Morgan fingerprint density at radius 2 is 1.64 bits per heavy atom. The van der Waals surface area contributed by atoms with Gasteiger partial charge in [0.1, 0.15) is 5.82 Å². The Morgan fingerprint density at radius 1 is 1.18 bits per heavy atom. The van der Waals surface area contributed by atoms with Gasteiger partial charge in [-0.2, -0.15) is 0 Å². The monoisotopic (exact) mass is 316 g/mol. The van der Waals surface area contributed by atoms with Crippen molar-refractivity contribution in [2.45, 2.75) is 47.5 Å². The Bertz CT molecular complexity index is 511. The highest BCUT2D eigenvalue weighted by Crippen LogP contribution is 2.22. The first-order valence-corrected chi connectivity index (χ1v) is 6.97. The van der Waals surface area contributed by atoms with Gasteiger partial charge in [0.2, 0.25) is 0 Å². The number of rotatable bonds is 3. The smallest absolute Gasteiger partial charge is 0.336 e. The molecule has 0 saturated heterocycles. The van der Waals surface area contributed by atoms with Crippen molar-refractivity contribution in [2.75, 3.05) is 5.32 Å². The zero-order valence-electron chi connectivity index (χ0n) is 13.8.